The number of anilines is 1. The van der Waals surface area contributed by atoms with Gasteiger partial charge in [0.05, 0.1) is 24.7 Å². The second-order valence-corrected chi connectivity index (χ2v) is 7.48. The molecule has 6 nitrogen and oxygen atoms in total. The highest BCUT2D eigenvalue weighted by Crippen LogP contribution is 2.23. The van der Waals surface area contributed by atoms with Crippen LogP contribution in [0.3, 0.4) is 0 Å². The van der Waals surface area contributed by atoms with Crippen molar-refractivity contribution < 1.29 is 9.53 Å². The number of aromatic nitrogens is 2. The van der Waals surface area contributed by atoms with Gasteiger partial charge in [0.1, 0.15) is 11.6 Å². The maximum absolute atomic E-state index is 12.6. The van der Waals surface area contributed by atoms with E-state index in [1.165, 1.54) is 5.56 Å². The highest BCUT2D eigenvalue weighted by atomic mass is 16.5. The van der Waals surface area contributed by atoms with Crippen molar-refractivity contribution in [2.75, 3.05) is 25.5 Å². The van der Waals surface area contributed by atoms with Crippen molar-refractivity contribution >= 4 is 22.6 Å². The number of aromatic amines is 1. The summed E-state index contributed by atoms with van der Waals surface area (Å²) in [4.78, 5) is 23.1. The van der Waals surface area contributed by atoms with Gasteiger partial charge in [-0.3, -0.25) is 9.69 Å². The van der Waals surface area contributed by atoms with E-state index in [-0.39, 0.29) is 11.8 Å². The molecule has 2 aromatic carbocycles. The average molecular weight is 378 g/mol. The minimum atomic E-state index is 0.0424. The van der Waals surface area contributed by atoms with Crippen LogP contribution in [0.2, 0.25) is 0 Å². The van der Waals surface area contributed by atoms with Gasteiger partial charge in [-0.1, -0.05) is 12.1 Å². The van der Waals surface area contributed by atoms with Crippen LogP contribution in [0.5, 0.6) is 5.75 Å². The van der Waals surface area contributed by atoms with Gasteiger partial charge in [0, 0.05) is 17.7 Å². The Hall–Kier alpha value is -2.86. The Balaban J connectivity index is 1.31. The molecule has 0 aliphatic carbocycles. The van der Waals surface area contributed by atoms with E-state index in [2.05, 4.69) is 45.3 Å². The molecular weight excluding hydrogens is 352 g/mol. The fraction of sp³-hybridized carbons (Fsp3) is 0.364. The molecule has 1 aromatic heterocycles. The molecule has 0 unspecified atom stereocenters. The number of H-pyrrole nitrogens is 1. The van der Waals surface area contributed by atoms with E-state index >= 15 is 0 Å². The number of methoxy groups -OCH3 is 1. The minimum Gasteiger partial charge on any atom is -0.497 e. The normalized spacial score (nSPS) is 15.6. The Bertz CT molecular complexity index is 974. The fourth-order valence-corrected chi connectivity index (χ4v) is 3.76. The number of rotatable bonds is 5. The molecule has 1 fully saturated rings. The number of carbonyl (C=O) groups excluding carboxylic acids is 1. The van der Waals surface area contributed by atoms with E-state index in [4.69, 9.17) is 4.74 Å². The van der Waals surface area contributed by atoms with Crippen LogP contribution in [0.4, 0.5) is 5.69 Å². The summed E-state index contributed by atoms with van der Waals surface area (Å²) < 4.78 is 5.21. The van der Waals surface area contributed by atoms with E-state index in [0.717, 1.165) is 60.8 Å². The Kier molecular flexibility index (Phi) is 5.30. The van der Waals surface area contributed by atoms with Crippen LogP contribution in [0.1, 0.15) is 24.2 Å². The minimum absolute atomic E-state index is 0.0424. The fourth-order valence-electron chi connectivity index (χ4n) is 3.76. The zero-order valence-electron chi connectivity index (χ0n) is 16.4. The summed E-state index contributed by atoms with van der Waals surface area (Å²) >= 11 is 0. The lowest BCUT2D eigenvalue weighted by Gasteiger charge is -2.30. The largest absolute Gasteiger partial charge is 0.497 e. The number of aryl methyl sites for hydroxylation is 1. The summed E-state index contributed by atoms with van der Waals surface area (Å²) in [6.45, 7) is 4.66. The molecule has 1 aliphatic heterocycles. The number of hydrogen-bond donors (Lipinski definition) is 2. The summed E-state index contributed by atoms with van der Waals surface area (Å²) in [5, 5.41) is 3.02. The summed E-state index contributed by atoms with van der Waals surface area (Å²) in [5.41, 5.74) is 4.10. The summed E-state index contributed by atoms with van der Waals surface area (Å²) in [7, 11) is 1.62. The number of hydrogen-bond acceptors (Lipinski definition) is 4. The van der Waals surface area contributed by atoms with Gasteiger partial charge in [-0.15, -0.1) is 0 Å². The van der Waals surface area contributed by atoms with Crippen LogP contribution < -0.4 is 10.1 Å². The number of nitrogens with zero attached hydrogens (tertiary/aromatic N) is 2. The molecule has 1 amide bonds. The first-order chi connectivity index (χ1) is 13.6. The van der Waals surface area contributed by atoms with Crippen LogP contribution in [0.15, 0.2) is 42.5 Å². The third-order valence-corrected chi connectivity index (χ3v) is 5.36. The molecule has 0 saturated carbocycles. The van der Waals surface area contributed by atoms with Gasteiger partial charge < -0.3 is 15.0 Å². The van der Waals surface area contributed by atoms with Crippen LogP contribution >= 0.6 is 0 Å². The Labute approximate surface area is 164 Å². The Morgan fingerprint density at radius 1 is 1.25 bits per heavy atom. The predicted molar refractivity (Wildman–Crippen MR) is 110 cm³/mol. The van der Waals surface area contributed by atoms with Crippen LogP contribution in [0.25, 0.3) is 11.0 Å². The molecule has 2 N–H and O–H groups in total. The topological polar surface area (TPSA) is 70.2 Å². The highest BCUT2D eigenvalue weighted by Gasteiger charge is 2.25. The smallest absolute Gasteiger partial charge is 0.227 e. The van der Waals surface area contributed by atoms with Crippen molar-refractivity contribution in [3.8, 4) is 5.75 Å². The second-order valence-electron chi connectivity index (χ2n) is 7.48. The molecule has 1 saturated heterocycles. The van der Waals surface area contributed by atoms with E-state index < -0.39 is 0 Å². The number of ether oxygens (including phenoxy) is 1. The summed E-state index contributed by atoms with van der Waals surface area (Å²) in [6, 6.07) is 13.7. The van der Waals surface area contributed by atoms with Crippen molar-refractivity contribution in [2.45, 2.75) is 26.3 Å². The number of fused-ring (bicyclic) bond motifs is 1. The van der Waals surface area contributed by atoms with Crippen LogP contribution in [-0.2, 0) is 11.3 Å². The lowest BCUT2D eigenvalue weighted by molar-refractivity contribution is -0.121. The number of nitrogens with one attached hydrogen (secondary N) is 2. The molecule has 28 heavy (non-hydrogen) atoms. The van der Waals surface area contributed by atoms with Gasteiger partial charge >= 0.3 is 0 Å². The molecule has 4 rings (SSSR count). The number of imidazole rings is 1. The van der Waals surface area contributed by atoms with Gasteiger partial charge in [-0.25, -0.2) is 4.98 Å². The van der Waals surface area contributed by atoms with E-state index in [1.54, 1.807) is 7.11 Å². The van der Waals surface area contributed by atoms with Crippen molar-refractivity contribution in [1.29, 1.82) is 0 Å². The summed E-state index contributed by atoms with van der Waals surface area (Å²) in [6.07, 6.45) is 1.71. The first-order valence-corrected chi connectivity index (χ1v) is 9.73. The summed E-state index contributed by atoms with van der Waals surface area (Å²) in [5.74, 6) is 1.86. The Morgan fingerprint density at radius 3 is 2.86 bits per heavy atom. The van der Waals surface area contributed by atoms with E-state index in [9.17, 15) is 4.79 Å². The monoisotopic (exact) mass is 378 g/mol. The number of amides is 1. The zero-order valence-corrected chi connectivity index (χ0v) is 16.4. The van der Waals surface area contributed by atoms with Gasteiger partial charge in [0.25, 0.3) is 0 Å². The van der Waals surface area contributed by atoms with Crippen molar-refractivity contribution in [3.05, 3.63) is 53.9 Å². The van der Waals surface area contributed by atoms with Crippen LogP contribution in [-0.4, -0.2) is 41.0 Å². The predicted octanol–water partition coefficient (Wildman–Crippen LogP) is 3.73. The van der Waals surface area contributed by atoms with Crippen molar-refractivity contribution in [2.24, 2.45) is 5.92 Å². The van der Waals surface area contributed by atoms with E-state index in [0.29, 0.717) is 0 Å². The molecule has 3 aromatic rings. The lowest BCUT2D eigenvalue weighted by atomic mass is 9.96. The molecule has 2 heterocycles. The number of carbonyl (C=O) groups is 1. The van der Waals surface area contributed by atoms with Crippen molar-refractivity contribution in [1.82, 2.24) is 14.9 Å². The molecule has 0 bridgehead atoms. The third kappa shape index (κ3) is 4.17. The maximum atomic E-state index is 12.6. The van der Waals surface area contributed by atoms with Crippen molar-refractivity contribution in [3.63, 3.8) is 0 Å². The highest BCUT2D eigenvalue weighted by molar-refractivity contribution is 5.92. The molecular formula is C22H26N4O2. The van der Waals surface area contributed by atoms with Gasteiger partial charge in [0.2, 0.25) is 5.91 Å². The van der Waals surface area contributed by atoms with Crippen LogP contribution in [0, 0.1) is 12.8 Å². The second kappa shape index (κ2) is 8.02. The Morgan fingerprint density at radius 2 is 2.07 bits per heavy atom. The molecule has 0 radical (unpaired) electrons. The van der Waals surface area contributed by atoms with E-state index in [1.807, 2.05) is 24.3 Å². The number of piperidine rings is 1. The number of likely N-dealkylation sites (tertiary alicyclic amines) is 1. The van der Waals surface area contributed by atoms with Gasteiger partial charge in [-0.05, 0) is 62.7 Å². The first kappa shape index (κ1) is 18.5. The molecule has 146 valence electrons. The molecule has 1 aliphatic rings. The number of benzene rings is 2. The molecule has 0 atom stereocenters. The quantitative estimate of drug-likeness (QED) is 0.710. The average Bonchev–Trinajstić information content (AvgIpc) is 3.10. The SMILES string of the molecule is COc1cccc(NC(=O)C2CCN(Cc3nc4ccc(C)cc4[nH]3)CC2)c1. The molecule has 6 heteroatoms. The van der Waals surface area contributed by atoms with Gasteiger partial charge in [0.15, 0.2) is 0 Å². The third-order valence-electron chi connectivity index (χ3n) is 5.36. The molecule has 0 spiro atoms. The standard InChI is InChI=1S/C22H26N4O2/c1-15-6-7-19-20(12-15)25-21(24-19)14-26-10-8-16(9-11-26)22(27)23-17-4-3-5-18(13-17)28-2/h3-7,12-13,16H,8-11,14H2,1-2H3,(H,23,27)(H,24,25). The lowest BCUT2D eigenvalue weighted by Crippen LogP contribution is -2.38. The maximum Gasteiger partial charge on any atom is 0.227 e. The van der Waals surface area contributed by atoms with Gasteiger partial charge in [-0.2, -0.15) is 0 Å². The zero-order chi connectivity index (χ0) is 19.5. The first-order valence-electron chi connectivity index (χ1n) is 9.73.